The second-order valence-corrected chi connectivity index (χ2v) is 5.15. The van der Waals surface area contributed by atoms with Crippen LogP contribution in [0.2, 0.25) is 5.02 Å². The van der Waals surface area contributed by atoms with Gasteiger partial charge in [0, 0.05) is 21.4 Å². The minimum absolute atomic E-state index is 0.0517. The smallest absolute Gasteiger partial charge is 0.252 e. The van der Waals surface area contributed by atoms with Crippen molar-refractivity contribution in [2.45, 2.75) is 19.4 Å². The fourth-order valence-electron chi connectivity index (χ4n) is 1.21. The van der Waals surface area contributed by atoms with Gasteiger partial charge in [0.15, 0.2) is 0 Å². The summed E-state index contributed by atoms with van der Waals surface area (Å²) >= 11 is 14.8. The molecular formula is C11H12BrCl2NO. The van der Waals surface area contributed by atoms with Crippen LogP contribution < -0.4 is 5.32 Å². The minimum atomic E-state index is -0.146. The number of carbonyl (C=O) groups excluding carboxylic acids is 1. The Balaban J connectivity index is 2.76. The van der Waals surface area contributed by atoms with Crippen LogP contribution in [0.25, 0.3) is 0 Å². The van der Waals surface area contributed by atoms with E-state index < -0.39 is 0 Å². The number of nitrogens with one attached hydrogen (secondary N) is 1. The first-order valence-corrected chi connectivity index (χ1v) is 6.57. The van der Waals surface area contributed by atoms with Gasteiger partial charge in [0.2, 0.25) is 0 Å². The SMILES string of the molecule is CC(CCCl)NC(=O)c1cc(Cl)ccc1Br. The highest BCUT2D eigenvalue weighted by Gasteiger charge is 2.12. The highest BCUT2D eigenvalue weighted by Crippen LogP contribution is 2.21. The molecule has 0 spiro atoms. The molecule has 5 heteroatoms. The van der Waals surface area contributed by atoms with E-state index in [1.165, 1.54) is 0 Å². The van der Waals surface area contributed by atoms with Gasteiger partial charge in [-0.15, -0.1) is 11.6 Å². The topological polar surface area (TPSA) is 29.1 Å². The lowest BCUT2D eigenvalue weighted by atomic mass is 10.2. The van der Waals surface area contributed by atoms with Crippen LogP contribution in [-0.4, -0.2) is 17.8 Å². The Morgan fingerprint density at radius 2 is 2.25 bits per heavy atom. The molecule has 1 N–H and O–H groups in total. The molecule has 0 radical (unpaired) electrons. The molecule has 2 nitrogen and oxygen atoms in total. The van der Waals surface area contributed by atoms with Crippen LogP contribution in [-0.2, 0) is 0 Å². The first-order chi connectivity index (χ1) is 7.54. The van der Waals surface area contributed by atoms with Crippen molar-refractivity contribution in [1.29, 1.82) is 0 Å². The van der Waals surface area contributed by atoms with Crippen LogP contribution in [0.1, 0.15) is 23.7 Å². The quantitative estimate of drug-likeness (QED) is 0.837. The number of hydrogen-bond donors (Lipinski definition) is 1. The van der Waals surface area contributed by atoms with Crippen molar-refractivity contribution in [2.75, 3.05) is 5.88 Å². The monoisotopic (exact) mass is 323 g/mol. The normalized spacial score (nSPS) is 12.2. The summed E-state index contributed by atoms with van der Waals surface area (Å²) in [4.78, 5) is 11.9. The lowest BCUT2D eigenvalue weighted by Crippen LogP contribution is -2.33. The van der Waals surface area contributed by atoms with Gasteiger partial charge in [-0.05, 0) is 47.5 Å². The molecule has 0 aromatic heterocycles. The van der Waals surface area contributed by atoms with Gasteiger partial charge in [-0.25, -0.2) is 0 Å². The molecule has 0 aliphatic rings. The Bertz CT molecular complexity index is 384. The van der Waals surface area contributed by atoms with Gasteiger partial charge in [0.1, 0.15) is 0 Å². The summed E-state index contributed by atoms with van der Waals surface area (Å²) in [5.41, 5.74) is 0.536. The van der Waals surface area contributed by atoms with E-state index in [1.54, 1.807) is 18.2 Å². The van der Waals surface area contributed by atoms with Crippen LogP contribution in [0.3, 0.4) is 0 Å². The van der Waals surface area contributed by atoms with Crippen molar-refractivity contribution in [3.63, 3.8) is 0 Å². The van der Waals surface area contributed by atoms with Crippen LogP contribution >= 0.6 is 39.1 Å². The van der Waals surface area contributed by atoms with Crippen LogP contribution in [0.5, 0.6) is 0 Å². The van der Waals surface area contributed by atoms with Crippen molar-refractivity contribution in [3.05, 3.63) is 33.3 Å². The summed E-state index contributed by atoms with van der Waals surface area (Å²) < 4.78 is 0.729. The zero-order chi connectivity index (χ0) is 12.1. The predicted octanol–water partition coefficient (Wildman–Crippen LogP) is 3.85. The number of carbonyl (C=O) groups is 1. The standard InChI is InChI=1S/C11H12BrCl2NO/c1-7(4-5-13)15-11(16)9-6-8(14)2-3-10(9)12/h2-3,6-7H,4-5H2,1H3,(H,15,16). The average molecular weight is 325 g/mol. The van der Waals surface area contributed by atoms with Gasteiger partial charge >= 0.3 is 0 Å². The number of amides is 1. The molecule has 1 aromatic carbocycles. The van der Waals surface area contributed by atoms with Gasteiger partial charge in [-0.1, -0.05) is 11.6 Å². The molecule has 1 rings (SSSR count). The molecule has 0 aliphatic heterocycles. The maximum Gasteiger partial charge on any atom is 0.252 e. The molecule has 1 unspecified atom stereocenters. The first-order valence-electron chi connectivity index (χ1n) is 4.86. The summed E-state index contributed by atoms with van der Waals surface area (Å²) in [7, 11) is 0. The minimum Gasteiger partial charge on any atom is -0.350 e. The summed E-state index contributed by atoms with van der Waals surface area (Å²) in [6.07, 6.45) is 0.742. The number of hydrogen-bond acceptors (Lipinski definition) is 1. The van der Waals surface area contributed by atoms with Crippen molar-refractivity contribution >= 4 is 45.0 Å². The molecular weight excluding hydrogens is 313 g/mol. The third kappa shape index (κ3) is 3.96. The van der Waals surface area contributed by atoms with Gasteiger partial charge in [0.05, 0.1) is 5.56 Å². The largest absolute Gasteiger partial charge is 0.350 e. The fraction of sp³-hybridized carbons (Fsp3) is 0.364. The molecule has 0 heterocycles. The molecule has 0 bridgehead atoms. The summed E-state index contributed by atoms with van der Waals surface area (Å²) in [5.74, 6) is 0.380. The second kappa shape index (κ2) is 6.48. The number of rotatable bonds is 4. The van der Waals surface area contributed by atoms with E-state index in [9.17, 15) is 4.79 Å². The van der Waals surface area contributed by atoms with E-state index in [0.29, 0.717) is 16.5 Å². The molecule has 1 amide bonds. The van der Waals surface area contributed by atoms with Crippen molar-refractivity contribution in [1.82, 2.24) is 5.32 Å². The summed E-state index contributed by atoms with van der Waals surface area (Å²) in [6, 6.07) is 5.17. The van der Waals surface area contributed by atoms with E-state index in [-0.39, 0.29) is 11.9 Å². The van der Waals surface area contributed by atoms with E-state index in [0.717, 1.165) is 10.9 Å². The first kappa shape index (κ1) is 13.8. The lowest BCUT2D eigenvalue weighted by molar-refractivity contribution is 0.0938. The Kier molecular flexibility index (Phi) is 5.59. The molecule has 88 valence electrons. The number of benzene rings is 1. The Hall–Kier alpha value is -0.250. The fourth-order valence-corrected chi connectivity index (χ4v) is 2.13. The summed E-state index contributed by atoms with van der Waals surface area (Å²) in [6.45, 7) is 1.92. The third-order valence-corrected chi connectivity index (χ3v) is 3.24. The van der Waals surface area contributed by atoms with Crippen molar-refractivity contribution in [2.24, 2.45) is 0 Å². The Morgan fingerprint density at radius 3 is 2.88 bits per heavy atom. The molecule has 16 heavy (non-hydrogen) atoms. The van der Waals surface area contributed by atoms with Gasteiger partial charge in [0.25, 0.3) is 5.91 Å². The lowest BCUT2D eigenvalue weighted by Gasteiger charge is -2.13. The Morgan fingerprint density at radius 1 is 1.56 bits per heavy atom. The van der Waals surface area contributed by atoms with Gasteiger partial charge < -0.3 is 5.32 Å². The van der Waals surface area contributed by atoms with Crippen LogP contribution in [0.4, 0.5) is 0 Å². The van der Waals surface area contributed by atoms with E-state index in [4.69, 9.17) is 23.2 Å². The molecule has 1 atom stereocenters. The van der Waals surface area contributed by atoms with Gasteiger partial charge in [-0.2, -0.15) is 0 Å². The maximum atomic E-state index is 11.9. The molecule has 1 aromatic rings. The molecule has 0 saturated heterocycles. The highest BCUT2D eigenvalue weighted by molar-refractivity contribution is 9.10. The average Bonchev–Trinajstić information content (AvgIpc) is 2.21. The van der Waals surface area contributed by atoms with E-state index >= 15 is 0 Å². The van der Waals surface area contributed by atoms with E-state index in [1.807, 2.05) is 6.92 Å². The number of alkyl halides is 1. The highest BCUT2D eigenvalue weighted by atomic mass is 79.9. The summed E-state index contributed by atoms with van der Waals surface area (Å²) in [5, 5.41) is 3.39. The van der Waals surface area contributed by atoms with Crippen LogP contribution in [0, 0.1) is 0 Å². The van der Waals surface area contributed by atoms with Crippen LogP contribution in [0.15, 0.2) is 22.7 Å². The van der Waals surface area contributed by atoms with E-state index in [2.05, 4.69) is 21.2 Å². The van der Waals surface area contributed by atoms with Crippen molar-refractivity contribution in [3.8, 4) is 0 Å². The second-order valence-electron chi connectivity index (χ2n) is 3.48. The third-order valence-electron chi connectivity index (χ3n) is 2.09. The molecule has 0 fully saturated rings. The van der Waals surface area contributed by atoms with Crippen molar-refractivity contribution < 1.29 is 4.79 Å². The zero-order valence-corrected chi connectivity index (χ0v) is 11.9. The maximum absolute atomic E-state index is 11.9. The Labute approximate surface area is 113 Å². The molecule has 0 saturated carbocycles. The van der Waals surface area contributed by atoms with Gasteiger partial charge in [-0.3, -0.25) is 4.79 Å². The number of halogens is 3. The molecule has 0 aliphatic carbocycles. The zero-order valence-electron chi connectivity index (χ0n) is 8.77. The predicted molar refractivity (Wildman–Crippen MR) is 71.4 cm³/mol.